The minimum Gasteiger partial charge on any atom is -0.444 e. The van der Waals surface area contributed by atoms with Crippen molar-refractivity contribution in [3.05, 3.63) is 58.9 Å². The summed E-state index contributed by atoms with van der Waals surface area (Å²) in [5, 5.41) is 14.9. The summed E-state index contributed by atoms with van der Waals surface area (Å²) < 4.78 is 38.7. The fourth-order valence-corrected chi connectivity index (χ4v) is 6.81. The van der Waals surface area contributed by atoms with Crippen molar-refractivity contribution in [1.29, 1.82) is 0 Å². The molecule has 1 aromatic heterocycles. The zero-order valence-electron chi connectivity index (χ0n) is 23.9. The molecule has 2 N–H and O–H groups in total. The number of aromatic nitrogens is 2. The van der Waals surface area contributed by atoms with Crippen LogP contribution in [0, 0.1) is 0 Å². The lowest BCUT2D eigenvalue weighted by atomic mass is 9.81. The maximum atomic E-state index is 14.0. The van der Waals surface area contributed by atoms with Gasteiger partial charge in [-0.2, -0.15) is 0 Å². The van der Waals surface area contributed by atoms with E-state index in [4.69, 9.17) is 20.8 Å². The lowest BCUT2D eigenvalue weighted by Gasteiger charge is -2.30. The number of amides is 2. The smallest absolute Gasteiger partial charge is 0.408 e. The van der Waals surface area contributed by atoms with E-state index in [2.05, 4.69) is 27.8 Å². The number of piperidine rings is 1. The summed E-state index contributed by atoms with van der Waals surface area (Å²) in [6.45, 7) is 8.81. The molecule has 1 fully saturated rings. The van der Waals surface area contributed by atoms with Gasteiger partial charge in [-0.05, 0) is 82.6 Å². The van der Waals surface area contributed by atoms with Crippen molar-refractivity contribution in [2.24, 2.45) is 0 Å². The van der Waals surface area contributed by atoms with Crippen molar-refractivity contribution < 1.29 is 27.2 Å². The van der Waals surface area contributed by atoms with Gasteiger partial charge in [-0.3, -0.25) is 4.79 Å². The van der Waals surface area contributed by atoms with Crippen molar-refractivity contribution in [3.63, 3.8) is 0 Å². The van der Waals surface area contributed by atoms with E-state index in [9.17, 15) is 18.0 Å². The van der Waals surface area contributed by atoms with Gasteiger partial charge in [0, 0.05) is 16.0 Å². The van der Waals surface area contributed by atoms with Crippen LogP contribution in [-0.4, -0.2) is 61.1 Å². The Bertz CT molecular complexity index is 1590. The number of fused-ring (bicyclic) bond motifs is 1. The van der Waals surface area contributed by atoms with Gasteiger partial charge in [0.25, 0.3) is 5.91 Å². The maximum Gasteiger partial charge on any atom is 0.408 e. The van der Waals surface area contributed by atoms with Crippen LogP contribution in [0.5, 0.6) is 0 Å². The highest BCUT2D eigenvalue weighted by molar-refractivity contribution is 7.91. The number of carbonyl (C=O) groups excluding carboxylic acids is 2. The first-order valence-corrected chi connectivity index (χ1v) is 15.7. The summed E-state index contributed by atoms with van der Waals surface area (Å²) in [6.07, 6.45) is 0.790. The Kier molecular flexibility index (Phi) is 8.08. The van der Waals surface area contributed by atoms with Gasteiger partial charge in [0.2, 0.25) is 11.8 Å². The number of sulfone groups is 1. The molecular formula is C29H34ClN5O6S. The molecule has 11 nitrogen and oxygen atoms in total. The standard InChI is InChI=1S/C29H34ClN5O6S/c1-28(2,3)41-27(37)32-21-17-42(38,39)23-10-7-19(24-33-34-26(40-24)29(4)11-13-31-14-12-29)15-22(23)35(25(21)36)16-18-5-8-20(30)9-6-18/h5-10,15,21,31H,11-14,16-17H2,1-4H3,(H,32,37)/t21-/m0/s1. The second-order valence-corrected chi connectivity index (χ2v) is 14.4. The van der Waals surface area contributed by atoms with Gasteiger partial charge >= 0.3 is 6.09 Å². The van der Waals surface area contributed by atoms with Crippen LogP contribution < -0.4 is 15.5 Å². The van der Waals surface area contributed by atoms with Crippen molar-refractivity contribution >= 4 is 39.1 Å². The predicted octanol–water partition coefficient (Wildman–Crippen LogP) is 4.24. The second kappa shape index (κ2) is 11.3. The van der Waals surface area contributed by atoms with Crippen LogP contribution in [0.2, 0.25) is 5.02 Å². The SMILES string of the molecule is CC(C)(C)OC(=O)N[C@H]1CS(=O)(=O)c2ccc(-c3nnc(C4(C)CCNCC4)o3)cc2N(Cc2ccc(Cl)cc2)C1=O. The molecule has 1 atom stereocenters. The normalized spacial score (nSPS) is 20.0. The highest BCUT2D eigenvalue weighted by Gasteiger charge is 2.40. The minimum absolute atomic E-state index is 0.0224. The molecule has 13 heteroatoms. The average Bonchev–Trinajstić information content (AvgIpc) is 3.40. The third-order valence-corrected chi connectivity index (χ3v) is 9.41. The Morgan fingerprint density at radius 2 is 1.86 bits per heavy atom. The first-order valence-electron chi connectivity index (χ1n) is 13.7. The highest BCUT2D eigenvalue weighted by Crippen LogP contribution is 2.37. The van der Waals surface area contributed by atoms with Gasteiger partial charge in [0.05, 0.1) is 22.9 Å². The Hall–Kier alpha value is -3.48. The van der Waals surface area contributed by atoms with E-state index >= 15 is 0 Å². The lowest BCUT2D eigenvalue weighted by Crippen LogP contribution is -2.51. The number of carbonyl (C=O) groups is 2. The quantitative estimate of drug-likeness (QED) is 0.430. The van der Waals surface area contributed by atoms with Gasteiger partial charge in [-0.15, -0.1) is 10.2 Å². The van der Waals surface area contributed by atoms with Gasteiger partial charge < -0.3 is 24.7 Å². The molecule has 42 heavy (non-hydrogen) atoms. The fourth-order valence-electron chi connectivity index (χ4n) is 5.08. The molecule has 0 radical (unpaired) electrons. The number of hydrogen-bond donors (Lipinski definition) is 2. The number of anilines is 1. The van der Waals surface area contributed by atoms with E-state index in [0.717, 1.165) is 25.9 Å². The number of nitrogens with one attached hydrogen (secondary N) is 2. The van der Waals surface area contributed by atoms with Crippen LogP contribution >= 0.6 is 11.6 Å². The summed E-state index contributed by atoms with van der Waals surface area (Å²) >= 11 is 6.07. The lowest BCUT2D eigenvalue weighted by molar-refractivity contribution is -0.120. The summed E-state index contributed by atoms with van der Waals surface area (Å²) in [4.78, 5) is 27.9. The number of benzene rings is 2. The van der Waals surface area contributed by atoms with Crippen molar-refractivity contribution in [1.82, 2.24) is 20.8 Å². The van der Waals surface area contributed by atoms with Crippen molar-refractivity contribution in [3.8, 4) is 11.5 Å². The predicted molar refractivity (Wildman–Crippen MR) is 157 cm³/mol. The highest BCUT2D eigenvalue weighted by atomic mass is 35.5. The van der Waals surface area contributed by atoms with Crippen LogP contribution in [0.1, 0.15) is 52.0 Å². The maximum absolute atomic E-state index is 14.0. The van der Waals surface area contributed by atoms with Crippen molar-refractivity contribution in [2.45, 2.75) is 69.0 Å². The molecule has 1 saturated heterocycles. The van der Waals surface area contributed by atoms with Crippen LogP contribution in [0.25, 0.3) is 11.5 Å². The summed E-state index contributed by atoms with van der Waals surface area (Å²) in [5.74, 6) is -0.511. The molecule has 2 aliphatic rings. The largest absolute Gasteiger partial charge is 0.444 e. The topological polar surface area (TPSA) is 144 Å². The van der Waals surface area contributed by atoms with E-state index in [1.54, 1.807) is 57.2 Å². The zero-order chi connectivity index (χ0) is 30.3. The van der Waals surface area contributed by atoms with E-state index in [1.165, 1.54) is 11.0 Å². The van der Waals surface area contributed by atoms with Gasteiger partial charge in [0.15, 0.2) is 9.84 Å². The summed E-state index contributed by atoms with van der Waals surface area (Å²) in [6, 6.07) is 10.1. The zero-order valence-corrected chi connectivity index (χ0v) is 25.5. The Morgan fingerprint density at radius 1 is 1.17 bits per heavy atom. The summed E-state index contributed by atoms with van der Waals surface area (Å²) in [7, 11) is -4.03. The summed E-state index contributed by atoms with van der Waals surface area (Å²) in [5.41, 5.74) is 0.203. The third kappa shape index (κ3) is 6.45. The number of ether oxygens (including phenoxy) is 1. The van der Waals surface area contributed by atoms with E-state index in [1.807, 2.05) is 0 Å². The van der Waals surface area contributed by atoms with Crippen molar-refractivity contribution in [2.75, 3.05) is 23.7 Å². The number of hydrogen-bond acceptors (Lipinski definition) is 9. The van der Waals surface area contributed by atoms with Gasteiger partial charge in [-0.25, -0.2) is 13.2 Å². The molecule has 5 rings (SSSR count). The Balaban J connectivity index is 1.55. The molecule has 3 aromatic rings. The molecule has 0 spiro atoms. The molecular weight excluding hydrogens is 582 g/mol. The first kappa shape index (κ1) is 30.0. The molecule has 224 valence electrons. The average molecular weight is 616 g/mol. The number of halogens is 1. The van der Waals surface area contributed by atoms with Crippen LogP contribution in [0.4, 0.5) is 10.5 Å². The van der Waals surface area contributed by atoms with E-state index in [0.29, 0.717) is 22.0 Å². The van der Waals surface area contributed by atoms with Crippen LogP contribution in [0.3, 0.4) is 0 Å². The Labute approximate surface area is 249 Å². The number of alkyl carbamates (subject to hydrolysis) is 1. The first-order chi connectivity index (χ1) is 19.7. The van der Waals surface area contributed by atoms with Crippen LogP contribution in [0.15, 0.2) is 51.8 Å². The molecule has 0 unspecified atom stereocenters. The fraction of sp³-hybridized carbons (Fsp3) is 0.448. The monoisotopic (exact) mass is 615 g/mol. The third-order valence-electron chi connectivity index (χ3n) is 7.38. The van der Waals surface area contributed by atoms with E-state index < -0.39 is 39.2 Å². The molecule has 0 aliphatic carbocycles. The molecule has 2 amide bonds. The minimum atomic E-state index is -4.03. The van der Waals surface area contributed by atoms with Crippen LogP contribution in [-0.2, 0) is 31.3 Å². The second-order valence-electron chi connectivity index (χ2n) is 11.9. The number of rotatable bonds is 5. The molecule has 2 aliphatic heterocycles. The molecule has 2 aromatic carbocycles. The van der Waals surface area contributed by atoms with Gasteiger partial charge in [0.1, 0.15) is 11.6 Å². The van der Waals surface area contributed by atoms with E-state index in [-0.39, 0.29) is 28.4 Å². The number of nitrogens with zero attached hydrogens (tertiary/aromatic N) is 3. The van der Waals surface area contributed by atoms with Gasteiger partial charge in [-0.1, -0.05) is 30.7 Å². The molecule has 0 saturated carbocycles. The molecule has 0 bridgehead atoms. The Morgan fingerprint density at radius 3 is 2.52 bits per heavy atom. The molecule has 3 heterocycles.